The van der Waals surface area contributed by atoms with Crippen LogP contribution in [0.1, 0.15) is 34.7 Å². The van der Waals surface area contributed by atoms with Crippen LogP contribution in [0, 0.1) is 0 Å². The quantitative estimate of drug-likeness (QED) is 0.485. The first-order valence-electron chi connectivity index (χ1n) is 9.08. The average Bonchev–Trinajstić information content (AvgIpc) is 3.10. The largest absolute Gasteiger partial charge is 0.462 e. The molecular formula is C22H19Cl2NO4. The molecule has 0 saturated carbocycles. The molecule has 3 rings (SSSR count). The molecule has 0 bridgehead atoms. The number of nitrogens with one attached hydrogen (secondary N) is 1. The van der Waals surface area contributed by atoms with E-state index in [9.17, 15) is 9.59 Å². The third-order valence-corrected chi connectivity index (χ3v) is 4.73. The highest BCUT2D eigenvalue weighted by atomic mass is 35.5. The van der Waals surface area contributed by atoms with Gasteiger partial charge >= 0.3 is 11.9 Å². The van der Waals surface area contributed by atoms with Gasteiger partial charge in [-0.25, -0.2) is 9.59 Å². The molecule has 1 heterocycles. The molecule has 0 atom stereocenters. The Balaban J connectivity index is 2.32. The Bertz CT molecular complexity index is 1020. The predicted octanol–water partition coefficient (Wildman–Crippen LogP) is 6.01. The van der Waals surface area contributed by atoms with Crippen molar-refractivity contribution in [3.63, 3.8) is 0 Å². The van der Waals surface area contributed by atoms with Crippen LogP contribution in [0.25, 0.3) is 22.4 Å². The first-order valence-corrected chi connectivity index (χ1v) is 9.83. The monoisotopic (exact) mass is 431 g/mol. The van der Waals surface area contributed by atoms with Gasteiger partial charge in [-0.05, 0) is 49.2 Å². The second-order valence-electron chi connectivity index (χ2n) is 6.08. The minimum atomic E-state index is -0.633. The highest BCUT2D eigenvalue weighted by molar-refractivity contribution is 6.31. The first kappa shape index (κ1) is 21.0. The molecule has 0 aliphatic heterocycles. The Labute approximate surface area is 178 Å². The third kappa shape index (κ3) is 4.47. The van der Waals surface area contributed by atoms with Gasteiger partial charge in [-0.2, -0.15) is 0 Å². The van der Waals surface area contributed by atoms with Crippen molar-refractivity contribution in [2.75, 3.05) is 13.2 Å². The fourth-order valence-corrected chi connectivity index (χ4v) is 3.25. The van der Waals surface area contributed by atoms with Crippen molar-refractivity contribution in [3.05, 3.63) is 69.8 Å². The van der Waals surface area contributed by atoms with E-state index in [1.165, 1.54) is 0 Å². The van der Waals surface area contributed by atoms with E-state index in [1.54, 1.807) is 62.4 Å². The second-order valence-corrected chi connectivity index (χ2v) is 6.95. The van der Waals surface area contributed by atoms with Crippen molar-refractivity contribution in [2.24, 2.45) is 0 Å². The summed E-state index contributed by atoms with van der Waals surface area (Å²) in [5, 5.41) is 1.13. The van der Waals surface area contributed by atoms with Crippen LogP contribution in [0.3, 0.4) is 0 Å². The zero-order chi connectivity index (χ0) is 21.0. The summed E-state index contributed by atoms with van der Waals surface area (Å²) in [5.74, 6) is -1.25. The Kier molecular flexibility index (Phi) is 6.62. The number of aromatic amines is 1. The van der Waals surface area contributed by atoms with Crippen molar-refractivity contribution in [1.29, 1.82) is 0 Å². The normalized spacial score (nSPS) is 10.6. The van der Waals surface area contributed by atoms with E-state index in [0.29, 0.717) is 26.9 Å². The van der Waals surface area contributed by atoms with E-state index < -0.39 is 11.9 Å². The van der Waals surface area contributed by atoms with E-state index in [0.717, 1.165) is 5.56 Å². The summed E-state index contributed by atoms with van der Waals surface area (Å²) in [6.45, 7) is 3.75. The van der Waals surface area contributed by atoms with Crippen molar-refractivity contribution in [2.45, 2.75) is 13.8 Å². The molecule has 150 valence electrons. The average molecular weight is 432 g/mol. The van der Waals surface area contributed by atoms with Crippen LogP contribution in [0.4, 0.5) is 0 Å². The van der Waals surface area contributed by atoms with E-state index >= 15 is 0 Å². The molecule has 0 amide bonds. The van der Waals surface area contributed by atoms with E-state index in [1.807, 2.05) is 0 Å². The van der Waals surface area contributed by atoms with Crippen LogP contribution in [-0.4, -0.2) is 30.1 Å². The number of carbonyl (C=O) groups is 2. The lowest BCUT2D eigenvalue weighted by Crippen LogP contribution is -2.13. The minimum absolute atomic E-state index is 0.0419. The van der Waals surface area contributed by atoms with E-state index in [4.69, 9.17) is 32.7 Å². The molecule has 0 aliphatic carbocycles. The maximum atomic E-state index is 12.8. The molecule has 2 aromatic carbocycles. The Hall–Kier alpha value is -2.76. The molecule has 5 nitrogen and oxygen atoms in total. The zero-order valence-corrected chi connectivity index (χ0v) is 17.4. The molecular weight excluding hydrogens is 413 g/mol. The summed E-state index contributed by atoms with van der Waals surface area (Å²) in [7, 11) is 0. The SMILES string of the molecule is CCOC(=O)c1[nH]c(-c2ccc(Cl)cc2)c(-c2ccc(Cl)cc2)c1C(=O)OCC. The number of carbonyl (C=O) groups excluding carboxylic acids is 2. The van der Waals surface area contributed by atoms with Gasteiger partial charge in [-0.15, -0.1) is 0 Å². The number of esters is 2. The van der Waals surface area contributed by atoms with Crippen molar-refractivity contribution >= 4 is 35.1 Å². The lowest BCUT2D eigenvalue weighted by molar-refractivity contribution is 0.0476. The number of aromatic nitrogens is 1. The van der Waals surface area contributed by atoms with Crippen LogP contribution in [-0.2, 0) is 9.47 Å². The molecule has 1 N–H and O–H groups in total. The van der Waals surface area contributed by atoms with Gasteiger partial charge in [0.15, 0.2) is 0 Å². The maximum Gasteiger partial charge on any atom is 0.355 e. The number of halogens is 2. The molecule has 3 aromatic rings. The summed E-state index contributed by atoms with van der Waals surface area (Å²) < 4.78 is 10.4. The van der Waals surface area contributed by atoms with Gasteiger partial charge in [0.1, 0.15) is 11.3 Å². The summed E-state index contributed by atoms with van der Waals surface area (Å²) in [6, 6.07) is 14.1. The fraction of sp³-hybridized carbons (Fsp3) is 0.182. The van der Waals surface area contributed by atoms with Gasteiger partial charge in [0.25, 0.3) is 0 Å². The van der Waals surface area contributed by atoms with Gasteiger partial charge in [0.2, 0.25) is 0 Å². The summed E-state index contributed by atoms with van der Waals surface area (Å²) in [6.07, 6.45) is 0. The second kappa shape index (κ2) is 9.16. The molecule has 0 fully saturated rings. The molecule has 0 spiro atoms. The maximum absolute atomic E-state index is 12.8. The van der Waals surface area contributed by atoms with Gasteiger partial charge in [0.05, 0.1) is 18.9 Å². The number of ether oxygens (including phenoxy) is 2. The predicted molar refractivity (Wildman–Crippen MR) is 114 cm³/mol. The minimum Gasteiger partial charge on any atom is -0.462 e. The van der Waals surface area contributed by atoms with Crippen LogP contribution in [0.5, 0.6) is 0 Å². The summed E-state index contributed by atoms with van der Waals surface area (Å²) >= 11 is 12.1. The molecule has 29 heavy (non-hydrogen) atoms. The first-order chi connectivity index (χ1) is 14.0. The number of rotatable bonds is 6. The molecule has 7 heteroatoms. The van der Waals surface area contributed by atoms with Crippen molar-refractivity contribution in [1.82, 2.24) is 4.98 Å². The highest BCUT2D eigenvalue weighted by Crippen LogP contribution is 2.38. The van der Waals surface area contributed by atoms with Crippen LogP contribution in [0.2, 0.25) is 10.0 Å². The number of hydrogen-bond acceptors (Lipinski definition) is 4. The molecule has 1 aromatic heterocycles. The summed E-state index contributed by atoms with van der Waals surface area (Å²) in [5.41, 5.74) is 2.73. The molecule has 0 unspecified atom stereocenters. The van der Waals surface area contributed by atoms with Crippen molar-refractivity contribution in [3.8, 4) is 22.4 Å². The van der Waals surface area contributed by atoms with Crippen LogP contribution >= 0.6 is 23.2 Å². The molecule has 0 aliphatic rings. The molecule has 0 radical (unpaired) electrons. The number of H-pyrrole nitrogens is 1. The van der Waals surface area contributed by atoms with Gasteiger partial charge < -0.3 is 14.5 Å². The Morgan fingerprint density at radius 1 is 0.793 bits per heavy atom. The third-order valence-electron chi connectivity index (χ3n) is 4.22. The number of benzene rings is 2. The lowest BCUT2D eigenvalue weighted by atomic mass is 9.97. The zero-order valence-electron chi connectivity index (χ0n) is 15.9. The van der Waals surface area contributed by atoms with Gasteiger partial charge in [0, 0.05) is 15.6 Å². The highest BCUT2D eigenvalue weighted by Gasteiger charge is 2.30. The van der Waals surface area contributed by atoms with Crippen LogP contribution in [0.15, 0.2) is 48.5 Å². The smallest absolute Gasteiger partial charge is 0.355 e. The molecule has 0 saturated heterocycles. The number of hydrogen-bond donors (Lipinski definition) is 1. The lowest BCUT2D eigenvalue weighted by Gasteiger charge is -2.09. The van der Waals surface area contributed by atoms with E-state index in [-0.39, 0.29) is 24.5 Å². The Morgan fingerprint density at radius 2 is 1.28 bits per heavy atom. The summed E-state index contributed by atoms with van der Waals surface area (Å²) in [4.78, 5) is 28.5. The Morgan fingerprint density at radius 3 is 1.79 bits per heavy atom. The van der Waals surface area contributed by atoms with Gasteiger partial charge in [-0.1, -0.05) is 47.5 Å². The topological polar surface area (TPSA) is 68.4 Å². The fourth-order valence-electron chi connectivity index (χ4n) is 3.00. The standard InChI is InChI=1S/C22H19Cl2NO4/c1-3-28-21(26)18-17(13-5-9-15(23)10-6-13)19(14-7-11-16(24)12-8-14)25-20(18)22(27)29-4-2/h5-12,25H,3-4H2,1-2H3. The van der Waals surface area contributed by atoms with Crippen LogP contribution < -0.4 is 0 Å². The van der Waals surface area contributed by atoms with E-state index in [2.05, 4.69) is 4.98 Å². The van der Waals surface area contributed by atoms with Crippen molar-refractivity contribution < 1.29 is 19.1 Å². The van der Waals surface area contributed by atoms with Gasteiger partial charge in [-0.3, -0.25) is 0 Å².